The molecule has 1 amide bonds. The highest BCUT2D eigenvalue weighted by Gasteiger charge is 2.22. The molecule has 27 heavy (non-hydrogen) atoms. The molecule has 0 aliphatic carbocycles. The third-order valence-electron chi connectivity index (χ3n) is 4.47. The summed E-state index contributed by atoms with van der Waals surface area (Å²) in [4.78, 5) is 12.3. The molecule has 2 rings (SSSR count). The average Bonchev–Trinajstić information content (AvgIpc) is 2.57. The smallest absolute Gasteiger partial charge is 0.263 e. The van der Waals surface area contributed by atoms with E-state index in [1.807, 2.05) is 46.8 Å². The molecule has 0 saturated heterocycles. The number of halogens is 1. The first kappa shape index (κ1) is 21.3. The van der Waals surface area contributed by atoms with E-state index in [2.05, 4.69) is 10.0 Å². The van der Waals surface area contributed by atoms with Gasteiger partial charge in [-0.2, -0.15) is 0 Å². The lowest BCUT2D eigenvalue weighted by atomic mass is 10.1. The number of hydrogen-bond donors (Lipinski definition) is 2. The molecule has 146 valence electrons. The second kappa shape index (κ2) is 8.31. The third-order valence-corrected chi connectivity index (χ3v) is 6.31. The van der Waals surface area contributed by atoms with Crippen LogP contribution in [-0.2, 0) is 10.0 Å². The summed E-state index contributed by atoms with van der Waals surface area (Å²) >= 11 is 6.12. The number of carbonyl (C=O) groups excluding carboxylic acids is 1. The van der Waals surface area contributed by atoms with Crippen LogP contribution in [0.15, 0.2) is 41.3 Å². The maximum absolute atomic E-state index is 12.8. The van der Waals surface area contributed by atoms with E-state index in [4.69, 9.17) is 11.6 Å². The van der Waals surface area contributed by atoms with Crippen molar-refractivity contribution in [3.05, 3.63) is 58.1 Å². The van der Waals surface area contributed by atoms with Crippen LogP contribution in [0.5, 0.6) is 0 Å². The minimum absolute atomic E-state index is 0.0402. The van der Waals surface area contributed by atoms with Gasteiger partial charge in [0.25, 0.3) is 15.9 Å². The van der Waals surface area contributed by atoms with E-state index >= 15 is 0 Å². The molecule has 0 saturated carbocycles. The van der Waals surface area contributed by atoms with Gasteiger partial charge in [-0.15, -0.1) is 0 Å². The van der Waals surface area contributed by atoms with Crippen LogP contribution in [0.2, 0.25) is 5.02 Å². The maximum atomic E-state index is 12.8. The van der Waals surface area contributed by atoms with Crippen LogP contribution in [0, 0.1) is 19.8 Å². The van der Waals surface area contributed by atoms with Crippen LogP contribution in [0.1, 0.15) is 42.3 Å². The van der Waals surface area contributed by atoms with E-state index in [-0.39, 0.29) is 33.3 Å². The molecule has 2 N–H and O–H groups in total. The lowest BCUT2D eigenvalue weighted by Gasteiger charge is -2.18. The number of amides is 1. The number of hydrogen-bond acceptors (Lipinski definition) is 3. The van der Waals surface area contributed by atoms with Crippen LogP contribution in [0.4, 0.5) is 5.69 Å². The van der Waals surface area contributed by atoms with Gasteiger partial charge in [-0.1, -0.05) is 43.1 Å². The number of aryl methyl sites for hydroxylation is 2. The molecule has 0 fully saturated rings. The van der Waals surface area contributed by atoms with E-state index < -0.39 is 10.0 Å². The van der Waals surface area contributed by atoms with Gasteiger partial charge >= 0.3 is 0 Å². The van der Waals surface area contributed by atoms with Crippen LogP contribution >= 0.6 is 11.6 Å². The molecule has 0 unspecified atom stereocenters. The molecule has 0 heterocycles. The Kier molecular flexibility index (Phi) is 6.54. The second-order valence-electron chi connectivity index (χ2n) is 7.08. The van der Waals surface area contributed by atoms with Crippen LogP contribution in [0.25, 0.3) is 0 Å². The van der Waals surface area contributed by atoms with Crippen molar-refractivity contribution >= 4 is 33.2 Å². The molecular weight excluding hydrogens is 384 g/mol. The summed E-state index contributed by atoms with van der Waals surface area (Å²) in [6, 6.07) is 9.61. The van der Waals surface area contributed by atoms with Gasteiger partial charge in [-0.05, 0) is 56.5 Å². The van der Waals surface area contributed by atoms with Crippen LogP contribution in [0.3, 0.4) is 0 Å². The van der Waals surface area contributed by atoms with E-state index in [0.29, 0.717) is 5.69 Å². The van der Waals surface area contributed by atoms with Gasteiger partial charge in [-0.25, -0.2) is 8.42 Å². The van der Waals surface area contributed by atoms with Crippen molar-refractivity contribution in [2.45, 2.75) is 45.6 Å². The minimum atomic E-state index is -3.94. The summed E-state index contributed by atoms with van der Waals surface area (Å²) in [7, 11) is -3.94. The molecule has 7 heteroatoms. The highest BCUT2D eigenvalue weighted by atomic mass is 35.5. The highest BCUT2D eigenvalue weighted by Crippen LogP contribution is 2.26. The molecule has 2 aromatic carbocycles. The number of carbonyl (C=O) groups is 1. The monoisotopic (exact) mass is 408 g/mol. The fourth-order valence-corrected chi connectivity index (χ4v) is 4.09. The number of anilines is 1. The summed E-state index contributed by atoms with van der Waals surface area (Å²) in [5.41, 5.74) is 2.55. The molecule has 0 spiro atoms. The first-order valence-electron chi connectivity index (χ1n) is 8.71. The van der Waals surface area contributed by atoms with Crippen LogP contribution in [-0.4, -0.2) is 20.4 Å². The lowest BCUT2D eigenvalue weighted by Crippen LogP contribution is -2.36. The average molecular weight is 409 g/mol. The SMILES string of the molecule is Cc1ccc(NS(=O)(=O)c2cc(C(=O)N[C@H](C)C(C)C)ccc2Cl)c(C)c1. The Labute approximate surface area is 166 Å². The highest BCUT2D eigenvalue weighted by molar-refractivity contribution is 7.92. The van der Waals surface area contributed by atoms with Gasteiger partial charge in [0.05, 0.1) is 10.7 Å². The van der Waals surface area contributed by atoms with Gasteiger partial charge in [0.15, 0.2) is 0 Å². The van der Waals surface area contributed by atoms with Crippen molar-refractivity contribution in [1.82, 2.24) is 5.32 Å². The Morgan fingerprint density at radius 1 is 1.04 bits per heavy atom. The van der Waals surface area contributed by atoms with E-state index in [1.165, 1.54) is 18.2 Å². The van der Waals surface area contributed by atoms with Crippen molar-refractivity contribution in [2.75, 3.05) is 4.72 Å². The van der Waals surface area contributed by atoms with Crippen molar-refractivity contribution in [3.63, 3.8) is 0 Å². The number of rotatable bonds is 6. The Bertz CT molecular complexity index is 956. The van der Waals surface area contributed by atoms with Crippen molar-refractivity contribution in [2.24, 2.45) is 5.92 Å². The minimum Gasteiger partial charge on any atom is -0.349 e. The number of sulfonamides is 1. The zero-order valence-corrected chi connectivity index (χ0v) is 17.7. The normalized spacial score (nSPS) is 12.7. The number of nitrogens with one attached hydrogen (secondary N) is 2. The summed E-state index contributed by atoms with van der Waals surface area (Å²) in [6.45, 7) is 9.65. The molecule has 0 aliphatic rings. The van der Waals surface area contributed by atoms with Gasteiger partial charge in [0.1, 0.15) is 4.90 Å². The topological polar surface area (TPSA) is 75.3 Å². The maximum Gasteiger partial charge on any atom is 0.263 e. The summed E-state index contributed by atoms with van der Waals surface area (Å²) in [6.07, 6.45) is 0. The predicted octanol–water partition coefficient (Wildman–Crippen LogP) is 4.53. The zero-order chi connectivity index (χ0) is 20.4. The van der Waals surface area contributed by atoms with Crippen LogP contribution < -0.4 is 10.0 Å². The van der Waals surface area contributed by atoms with E-state index in [1.54, 1.807) is 6.07 Å². The van der Waals surface area contributed by atoms with Crippen molar-refractivity contribution in [1.29, 1.82) is 0 Å². The number of benzene rings is 2. The fraction of sp³-hybridized carbons (Fsp3) is 0.350. The largest absolute Gasteiger partial charge is 0.349 e. The first-order chi connectivity index (χ1) is 12.5. The van der Waals surface area contributed by atoms with Gasteiger partial charge < -0.3 is 5.32 Å². The molecule has 1 atom stereocenters. The van der Waals surface area contributed by atoms with Gasteiger partial charge in [0, 0.05) is 11.6 Å². The summed E-state index contributed by atoms with van der Waals surface area (Å²) < 4.78 is 28.2. The molecule has 0 bridgehead atoms. The van der Waals surface area contributed by atoms with Crippen molar-refractivity contribution < 1.29 is 13.2 Å². The van der Waals surface area contributed by atoms with Gasteiger partial charge in [-0.3, -0.25) is 9.52 Å². The molecule has 5 nitrogen and oxygen atoms in total. The first-order valence-corrected chi connectivity index (χ1v) is 10.6. The molecule has 0 aromatic heterocycles. The summed E-state index contributed by atoms with van der Waals surface area (Å²) in [5.74, 6) is -0.0773. The third kappa shape index (κ3) is 5.23. The predicted molar refractivity (Wildman–Crippen MR) is 110 cm³/mol. The molecular formula is C20H25ClN2O3S. The van der Waals surface area contributed by atoms with E-state index in [0.717, 1.165) is 11.1 Å². The Hall–Kier alpha value is -2.05. The quantitative estimate of drug-likeness (QED) is 0.737. The summed E-state index contributed by atoms with van der Waals surface area (Å²) in [5, 5.41) is 2.92. The van der Waals surface area contributed by atoms with Gasteiger partial charge in [0.2, 0.25) is 0 Å². The Morgan fingerprint density at radius 3 is 2.30 bits per heavy atom. The van der Waals surface area contributed by atoms with E-state index in [9.17, 15) is 13.2 Å². The Morgan fingerprint density at radius 2 is 1.70 bits per heavy atom. The zero-order valence-electron chi connectivity index (χ0n) is 16.1. The molecule has 2 aromatic rings. The standard InChI is InChI=1S/C20H25ClN2O3S/c1-12(2)15(5)22-20(24)16-7-8-17(21)19(11-16)27(25,26)23-18-9-6-13(3)10-14(18)4/h6-12,15,23H,1-5H3,(H,22,24)/t15-/m1/s1. The second-order valence-corrected chi connectivity index (χ2v) is 9.13. The molecule has 0 aliphatic heterocycles. The lowest BCUT2D eigenvalue weighted by molar-refractivity contribution is 0.0930. The van der Waals surface area contributed by atoms with Crippen molar-refractivity contribution in [3.8, 4) is 0 Å². The fourth-order valence-electron chi connectivity index (χ4n) is 2.44. The molecule has 0 radical (unpaired) electrons. The Balaban J connectivity index is 2.35.